The SMILES string of the molecule is COc1ccccc1-c1nc(N)n(C)n1. The van der Waals surface area contributed by atoms with Crippen LogP contribution in [0.3, 0.4) is 0 Å². The van der Waals surface area contributed by atoms with Crippen molar-refractivity contribution in [3.63, 3.8) is 0 Å². The number of anilines is 1. The minimum Gasteiger partial charge on any atom is -0.496 e. The van der Waals surface area contributed by atoms with E-state index in [0.29, 0.717) is 11.8 Å². The fourth-order valence-electron chi connectivity index (χ4n) is 1.34. The van der Waals surface area contributed by atoms with Crippen molar-refractivity contribution in [1.82, 2.24) is 14.8 Å². The molecule has 0 aliphatic rings. The third-order valence-corrected chi connectivity index (χ3v) is 2.14. The van der Waals surface area contributed by atoms with Gasteiger partial charge in [0.25, 0.3) is 0 Å². The van der Waals surface area contributed by atoms with Gasteiger partial charge in [-0.15, -0.1) is 5.10 Å². The molecule has 2 aromatic rings. The van der Waals surface area contributed by atoms with Gasteiger partial charge in [-0.3, -0.25) is 0 Å². The molecule has 0 radical (unpaired) electrons. The average molecular weight is 204 g/mol. The van der Waals surface area contributed by atoms with Gasteiger partial charge < -0.3 is 10.5 Å². The van der Waals surface area contributed by atoms with E-state index in [4.69, 9.17) is 10.5 Å². The number of nitrogens with zero attached hydrogens (tertiary/aromatic N) is 3. The van der Waals surface area contributed by atoms with Crippen molar-refractivity contribution >= 4 is 5.95 Å². The van der Waals surface area contributed by atoms with Gasteiger partial charge in [0, 0.05) is 7.05 Å². The molecule has 0 unspecified atom stereocenters. The summed E-state index contributed by atoms with van der Waals surface area (Å²) in [4.78, 5) is 4.14. The van der Waals surface area contributed by atoms with E-state index in [-0.39, 0.29) is 0 Å². The molecule has 1 aromatic carbocycles. The first-order valence-electron chi connectivity index (χ1n) is 4.52. The Morgan fingerprint density at radius 1 is 1.33 bits per heavy atom. The maximum absolute atomic E-state index is 5.62. The number of para-hydroxylation sites is 1. The third-order valence-electron chi connectivity index (χ3n) is 2.14. The highest BCUT2D eigenvalue weighted by Gasteiger charge is 2.10. The van der Waals surface area contributed by atoms with Gasteiger partial charge in [0.1, 0.15) is 5.75 Å². The molecule has 0 bridgehead atoms. The number of nitrogens with two attached hydrogens (primary N) is 1. The zero-order valence-corrected chi connectivity index (χ0v) is 8.64. The summed E-state index contributed by atoms with van der Waals surface area (Å²) in [7, 11) is 3.37. The molecular weight excluding hydrogens is 192 g/mol. The number of rotatable bonds is 2. The molecular formula is C10H12N4O. The van der Waals surface area contributed by atoms with Crippen molar-refractivity contribution in [2.24, 2.45) is 7.05 Å². The topological polar surface area (TPSA) is 66.0 Å². The second kappa shape index (κ2) is 3.61. The molecule has 0 atom stereocenters. The van der Waals surface area contributed by atoms with Crippen LogP contribution in [0.1, 0.15) is 0 Å². The molecule has 2 rings (SSSR count). The zero-order chi connectivity index (χ0) is 10.8. The lowest BCUT2D eigenvalue weighted by atomic mass is 10.2. The van der Waals surface area contributed by atoms with Crippen molar-refractivity contribution in [1.29, 1.82) is 0 Å². The molecule has 0 aliphatic carbocycles. The first-order valence-corrected chi connectivity index (χ1v) is 4.52. The van der Waals surface area contributed by atoms with Crippen LogP contribution >= 0.6 is 0 Å². The van der Waals surface area contributed by atoms with Gasteiger partial charge in [-0.2, -0.15) is 4.98 Å². The Labute approximate surface area is 87.5 Å². The summed E-state index contributed by atoms with van der Waals surface area (Å²) < 4.78 is 6.75. The second-order valence-electron chi connectivity index (χ2n) is 3.12. The van der Waals surface area contributed by atoms with Gasteiger partial charge in [0.2, 0.25) is 5.95 Å². The van der Waals surface area contributed by atoms with Crippen LogP contribution in [0.4, 0.5) is 5.95 Å². The molecule has 0 fully saturated rings. The summed E-state index contributed by atoms with van der Waals surface area (Å²) in [6.45, 7) is 0. The average Bonchev–Trinajstić information content (AvgIpc) is 2.59. The van der Waals surface area contributed by atoms with Crippen LogP contribution in [0.25, 0.3) is 11.4 Å². The van der Waals surface area contributed by atoms with Crippen LogP contribution in [-0.2, 0) is 7.05 Å². The monoisotopic (exact) mass is 204 g/mol. The number of hydrogen-bond donors (Lipinski definition) is 1. The van der Waals surface area contributed by atoms with E-state index in [0.717, 1.165) is 11.3 Å². The largest absolute Gasteiger partial charge is 0.496 e. The number of methoxy groups -OCH3 is 1. The minimum atomic E-state index is 0.385. The van der Waals surface area contributed by atoms with Crippen LogP contribution in [0, 0.1) is 0 Å². The second-order valence-corrected chi connectivity index (χ2v) is 3.12. The first kappa shape index (κ1) is 9.51. The highest BCUT2D eigenvalue weighted by Crippen LogP contribution is 2.26. The number of aryl methyl sites for hydroxylation is 1. The van der Waals surface area contributed by atoms with E-state index in [1.54, 1.807) is 14.2 Å². The number of hydrogen-bond acceptors (Lipinski definition) is 4. The van der Waals surface area contributed by atoms with Crippen molar-refractivity contribution in [2.45, 2.75) is 0 Å². The fraction of sp³-hybridized carbons (Fsp3) is 0.200. The van der Waals surface area contributed by atoms with E-state index in [1.807, 2.05) is 24.3 Å². The van der Waals surface area contributed by atoms with Gasteiger partial charge in [0.15, 0.2) is 5.82 Å². The van der Waals surface area contributed by atoms with Crippen molar-refractivity contribution in [3.05, 3.63) is 24.3 Å². The van der Waals surface area contributed by atoms with Gasteiger partial charge in [-0.25, -0.2) is 4.68 Å². The zero-order valence-electron chi connectivity index (χ0n) is 8.64. The predicted octanol–water partition coefficient (Wildman–Crippen LogP) is 1.07. The molecule has 15 heavy (non-hydrogen) atoms. The minimum absolute atomic E-state index is 0.385. The maximum Gasteiger partial charge on any atom is 0.218 e. The molecule has 1 aromatic heterocycles. The molecule has 2 N–H and O–H groups in total. The molecule has 78 valence electrons. The van der Waals surface area contributed by atoms with E-state index < -0.39 is 0 Å². The molecule has 0 spiro atoms. The van der Waals surface area contributed by atoms with Gasteiger partial charge in [-0.05, 0) is 12.1 Å². The van der Waals surface area contributed by atoms with Crippen molar-refractivity contribution in [2.75, 3.05) is 12.8 Å². The van der Waals surface area contributed by atoms with E-state index in [9.17, 15) is 0 Å². The molecule has 5 nitrogen and oxygen atoms in total. The lowest BCUT2D eigenvalue weighted by Crippen LogP contribution is -1.97. The Bertz CT molecular complexity index is 459. The summed E-state index contributed by atoms with van der Waals surface area (Å²) in [5.41, 5.74) is 6.46. The third kappa shape index (κ3) is 1.63. The Kier molecular flexibility index (Phi) is 2.29. The van der Waals surface area contributed by atoms with Crippen molar-refractivity contribution < 1.29 is 4.74 Å². The molecule has 0 saturated carbocycles. The first-order chi connectivity index (χ1) is 7.22. The quantitative estimate of drug-likeness (QED) is 0.794. The van der Waals surface area contributed by atoms with Crippen LogP contribution in [0.15, 0.2) is 24.3 Å². The standard InChI is InChI=1S/C10H12N4O/c1-14-10(11)12-9(13-14)7-5-3-4-6-8(7)15-2/h3-6H,1-2H3,(H2,11,12,13). The van der Waals surface area contributed by atoms with E-state index in [2.05, 4.69) is 10.1 Å². The van der Waals surface area contributed by atoms with Gasteiger partial charge in [-0.1, -0.05) is 12.1 Å². The van der Waals surface area contributed by atoms with E-state index >= 15 is 0 Å². The molecule has 5 heteroatoms. The van der Waals surface area contributed by atoms with E-state index in [1.165, 1.54) is 4.68 Å². The number of ether oxygens (including phenoxy) is 1. The summed E-state index contributed by atoms with van der Waals surface area (Å²) >= 11 is 0. The maximum atomic E-state index is 5.62. The Morgan fingerprint density at radius 2 is 2.07 bits per heavy atom. The van der Waals surface area contributed by atoms with Crippen molar-refractivity contribution in [3.8, 4) is 17.1 Å². The van der Waals surface area contributed by atoms with Crippen LogP contribution in [0.2, 0.25) is 0 Å². The Morgan fingerprint density at radius 3 is 2.67 bits per heavy atom. The Balaban J connectivity index is 2.53. The number of aromatic nitrogens is 3. The molecule has 0 aliphatic heterocycles. The smallest absolute Gasteiger partial charge is 0.218 e. The molecule has 0 amide bonds. The number of benzene rings is 1. The highest BCUT2D eigenvalue weighted by atomic mass is 16.5. The number of nitrogen functional groups attached to an aromatic ring is 1. The lowest BCUT2D eigenvalue weighted by Gasteiger charge is -2.03. The summed E-state index contributed by atoms with van der Waals surface area (Å²) in [5, 5.41) is 4.19. The summed E-state index contributed by atoms with van der Waals surface area (Å²) in [6, 6.07) is 7.56. The molecule has 1 heterocycles. The fourth-order valence-corrected chi connectivity index (χ4v) is 1.34. The lowest BCUT2D eigenvalue weighted by molar-refractivity contribution is 0.416. The van der Waals surface area contributed by atoms with Gasteiger partial charge in [0.05, 0.1) is 12.7 Å². The van der Waals surface area contributed by atoms with Crippen LogP contribution < -0.4 is 10.5 Å². The van der Waals surface area contributed by atoms with Gasteiger partial charge >= 0.3 is 0 Å². The summed E-state index contributed by atoms with van der Waals surface area (Å²) in [5.74, 6) is 1.70. The summed E-state index contributed by atoms with van der Waals surface area (Å²) in [6.07, 6.45) is 0. The van der Waals surface area contributed by atoms with Crippen LogP contribution in [0.5, 0.6) is 5.75 Å². The highest BCUT2D eigenvalue weighted by molar-refractivity contribution is 5.64. The molecule has 0 saturated heterocycles. The normalized spacial score (nSPS) is 10.3. The van der Waals surface area contributed by atoms with Crippen LogP contribution in [-0.4, -0.2) is 21.9 Å². The predicted molar refractivity (Wildman–Crippen MR) is 57.4 cm³/mol. The Hall–Kier alpha value is -2.04.